The summed E-state index contributed by atoms with van der Waals surface area (Å²) in [6.45, 7) is 0.732. The third kappa shape index (κ3) is 2.85. The van der Waals surface area contributed by atoms with Crippen LogP contribution in [0.25, 0.3) is 0 Å². The van der Waals surface area contributed by atoms with E-state index in [1.54, 1.807) is 6.26 Å². The highest BCUT2D eigenvalue weighted by Gasteiger charge is 2.25. The zero-order chi connectivity index (χ0) is 11.4. The number of carboxylic acids is 1. The third-order valence-corrected chi connectivity index (χ3v) is 3.22. The van der Waals surface area contributed by atoms with Gasteiger partial charge in [-0.2, -0.15) is 0 Å². The van der Waals surface area contributed by atoms with E-state index >= 15 is 0 Å². The van der Waals surface area contributed by atoms with E-state index in [2.05, 4.69) is 5.32 Å². The second-order valence-electron chi connectivity index (χ2n) is 4.35. The summed E-state index contributed by atoms with van der Waals surface area (Å²) < 4.78 is 5.23. The van der Waals surface area contributed by atoms with E-state index in [4.69, 9.17) is 9.52 Å². The van der Waals surface area contributed by atoms with Crippen molar-refractivity contribution in [2.75, 3.05) is 0 Å². The zero-order valence-electron chi connectivity index (χ0n) is 9.19. The second kappa shape index (κ2) is 5.16. The Kier molecular flexibility index (Phi) is 3.62. The number of carboxylic acid groups (broad SMARTS) is 1. The van der Waals surface area contributed by atoms with Crippen molar-refractivity contribution in [3.63, 3.8) is 0 Å². The van der Waals surface area contributed by atoms with E-state index < -0.39 is 5.97 Å². The molecule has 0 aromatic carbocycles. The Labute approximate surface area is 94.6 Å². The highest BCUT2D eigenvalue weighted by Crippen LogP contribution is 2.24. The van der Waals surface area contributed by atoms with Gasteiger partial charge in [-0.15, -0.1) is 0 Å². The Morgan fingerprint density at radius 1 is 1.44 bits per heavy atom. The smallest absolute Gasteiger partial charge is 0.306 e. The van der Waals surface area contributed by atoms with Crippen LogP contribution in [0.3, 0.4) is 0 Å². The van der Waals surface area contributed by atoms with Crippen LogP contribution in [0.1, 0.15) is 31.4 Å². The number of hydrogen-bond acceptors (Lipinski definition) is 3. The van der Waals surface area contributed by atoms with Crippen molar-refractivity contribution in [2.45, 2.75) is 38.3 Å². The van der Waals surface area contributed by atoms with Gasteiger partial charge in [0.25, 0.3) is 0 Å². The number of furan rings is 1. The molecule has 0 radical (unpaired) electrons. The lowest BCUT2D eigenvalue weighted by Crippen LogP contribution is -2.34. The molecule has 2 N–H and O–H groups in total. The van der Waals surface area contributed by atoms with Gasteiger partial charge in [0.15, 0.2) is 0 Å². The molecule has 1 aliphatic carbocycles. The molecule has 0 saturated heterocycles. The van der Waals surface area contributed by atoms with Gasteiger partial charge < -0.3 is 14.8 Å². The first-order valence-electron chi connectivity index (χ1n) is 5.74. The third-order valence-electron chi connectivity index (χ3n) is 3.22. The number of nitrogens with one attached hydrogen (secondary N) is 1. The number of aliphatic carboxylic acids is 1. The van der Waals surface area contributed by atoms with Crippen molar-refractivity contribution in [3.8, 4) is 0 Å². The molecule has 0 atom stereocenters. The van der Waals surface area contributed by atoms with Gasteiger partial charge in [0.2, 0.25) is 0 Å². The lowest BCUT2D eigenvalue weighted by molar-refractivity contribution is -0.142. The Morgan fingerprint density at radius 2 is 2.19 bits per heavy atom. The van der Waals surface area contributed by atoms with Gasteiger partial charge in [-0.25, -0.2) is 0 Å². The zero-order valence-corrected chi connectivity index (χ0v) is 9.19. The fraction of sp³-hybridized carbons (Fsp3) is 0.583. The minimum atomic E-state index is -0.649. The first-order valence-corrected chi connectivity index (χ1v) is 5.74. The van der Waals surface area contributed by atoms with Crippen LogP contribution in [0.4, 0.5) is 0 Å². The standard InChI is InChI=1S/C12H17NO3/c14-12(15)9-3-5-10(6-4-9)13-8-11-2-1-7-16-11/h1-2,7,9-10,13H,3-6,8H2,(H,14,15). The molecule has 1 saturated carbocycles. The molecule has 1 aliphatic rings. The van der Waals surface area contributed by atoms with Crippen molar-refractivity contribution in [3.05, 3.63) is 24.2 Å². The lowest BCUT2D eigenvalue weighted by atomic mass is 9.86. The SMILES string of the molecule is O=C(O)C1CCC(NCc2ccco2)CC1. The van der Waals surface area contributed by atoms with Crippen LogP contribution in [0.15, 0.2) is 22.8 Å². The average molecular weight is 223 g/mol. The molecule has 1 aromatic rings. The molecular formula is C12H17NO3. The van der Waals surface area contributed by atoms with Gasteiger partial charge in [-0.05, 0) is 37.8 Å². The molecule has 4 nitrogen and oxygen atoms in total. The fourth-order valence-electron chi connectivity index (χ4n) is 2.20. The van der Waals surface area contributed by atoms with Gasteiger partial charge in [-0.3, -0.25) is 4.79 Å². The molecule has 0 unspecified atom stereocenters. The number of rotatable bonds is 4. The van der Waals surface area contributed by atoms with Crippen LogP contribution in [-0.2, 0) is 11.3 Å². The molecule has 1 fully saturated rings. The van der Waals surface area contributed by atoms with Crippen molar-refractivity contribution in [2.24, 2.45) is 5.92 Å². The average Bonchev–Trinajstić information content (AvgIpc) is 2.80. The van der Waals surface area contributed by atoms with Crippen LogP contribution >= 0.6 is 0 Å². The maximum atomic E-state index is 10.8. The van der Waals surface area contributed by atoms with Crippen molar-refractivity contribution >= 4 is 5.97 Å². The van der Waals surface area contributed by atoms with E-state index in [9.17, 15) is 4.79 Å². The molecule has 1 aromatic heterocycles. The van der Waals surface area contributed by atoms with Crippen molar-refractivity contribution < 1.29 is 14.3 Å². The summed E-state index contributed by atoms with van der Waals surface area (Å²) in [6, 6.07) is 4.24. The largest absolute Gasteiger partial charge is 0.481 e. The summed E-state index contributed by atoms with van der Waals surface area (Å²) in [7, 11) is 0. The molecule has 1 heterocycles. The molecule has 0 aliphatic heterocycles. The summed E-state index contributed by atoms with van der Waals surface area (Å²) in [5.74, 6) is 0.145. The first-order chi connectivity index (χ1) is 7.75. The molecule has 16 heavy (non-hydrogen) atoms. The highest BCUT2D eigenvalue weighted by molar-refractivity contribution is 5.70. The van der Waals surface area contributed by atoms with Gasteiger partial charge >= 0.3 is 5.97 Å². The molecule has 2 rings (SSSR count). The normalized spacial score (nSPS) is 25.5. The van der Waals surface area contributed by atoms with Gasteiger partial charge in [0, 0.05) is 6.04 Å². The van der Waals surface area contributed by atoms with Crippen molar-refractivity contribution in [1.29, 1.82) is 0 Å². The predicted octanol–water partition coefficient (Wildman–Crippen LogP) is 2.01. The van der Waals surface area contributed by atoms with Crippen LogP contribution in [-0.4, -0.2) is 17.1 Å². The summed E-state index contributed by atoms with van der Waals surface area (Å²) >= 11 is 0. The molecule has 88 valence electrons. The van der Waals surface area contributed by atoms with E-state index in [1.807, 2.05) is 12.1 Å². The van der Waals surface area contributed by atoms with E-state index in [0.717, 1.165) is 38.0 Å². The second-order valence-corrected chi connectivity index (χ2v) is 4.35. The Morgan fingerprint density at radius 3 is 2.75 bits per heavy atom. The van der Waals surface area contributed by atoms with Crippen LogP contribution in [0.5, 0.6) is 0 Å². The quantitative estimate of drug-likeness (QED) is 0.819. The van der Waals surface area contributed by atoms with E-state index in [0.29, 0.717) is 6.04 Å². The number of hydrogen-bond donors (Lipinski definition) is 2. The number of carbonyl (C=O) groups is 1. The maximum Gasteiger partial charge on any atom is 0.306 e. The van der Waals surface area contributed by atoms with E-state index in [-0.39, 0.29) is 5.92 Å². The maximum absolute atomic E-state index is 10.8. The minimum absolute atomic E-state index is 0.137. The Balaban J connectivity index is 1.71. The first kappa shape index (κ1) is 11.2. The predicted molar refractivity (Wildman–Crippen MR) is 58.9 cm³/mol. The molecular weight excluding hydrogens is 206 g/mol. The minimum Gasteiger partial charge on any atom is -0.481 e. The summed E-state index contributed by atoms with van der Waals surface area (Å²) in [6.07, 6.45) is 5.12. The van der Waals surface area contributed by atoms with Crippen LogP contribution in [0, 0.1) is 5.92 Å². The molecule has 0 bridgehead atoms. The van der Waals surface area contributed by atoms with Gasteiger partial charge in [0.05, 0.1) is 18.7 Å². The van der Waals surface area contributed by atoms with Gasteiger partial charge in [-0.1, -0.05) is 0 Å². The summed E-state index contributed by atoms with van der Waals surface area (Å²) in [4.78, 5) is 10.8. The van der Waals surface area contributed by atoms with Crippen LogP contribution < -0.4 is 5.32 Å². The Hall–Kier alpha value is -1.29. The van der Waals surface area contributed by atoms with Crippen molar-refractivity contribution in [1.82, 2.24) is 5.32 Å². The lowest BCUT2D eigenvalue weighted by Gasteiger charge is -2.26. The van der Waals surface area contributed by atoms with Crippen LogP contribution in [0.2, 0.25) is 0 Å². The molecule has 0 spiro atoms. The fourth-order valence-corrected chi connectivity index (χ4v) is 2.20. The summed E-state index contributed by atoms with van der Waals surface area (Å²) in [5, 5.41) is 12.3. The highest BCUT2D eigenvalue weighted by atomic mass is 16.4. The Bertz CT molecular complexity index is 326. The topological polar surface area (TPSA) is 62.5 Å². The molecule has 4 heteroatoms. The monoisotopic (exact) mass is 223 g/mol. The van der Waals surface area contributed by atoms with Gasteiger partial charge in [0.1, 0.15) is 5.76 Å². The molecule has 0 amide bonds. The van der Waals surface area contributed by atoms with E-state index in [1.165, 1.54) is 0 Å². The summed E-state index contributed by atoms with van der Waals surface area (Å²) in [5.41, 5.74) is 0.